The molecule has 0 unspecified atom stereocenters. The molecule has 0 spiro atoms. The third-order valence-corrected chi connectivity index (χ3v) is 3.64. The fourth-order valence-electron chi connectivity index (χ4n) is 1.83. The van der Waals surface area contributed by atoms with Gasteiger partial charge in [-0.15, -0.1) is 0 Å². The van der Waals surface area contributed by atoms with Crippen LogP contribution in [-0.4, -0.2) is 19.7 Å². The fraction of sp³-hybridized carbons (Fsp3) is 0.0714. The maximum Gasteiger partial charge on any atom is 0.191 e. The lowest BCUT2D eigenvalue weighted by atomic mass is 10.3. The van der Waals surface area contributed by atoms with Crippen molar-refractivity contribution in [2.45, 2.75) is 10.9 Å². The van der Waals surface area contributed by atoms with E-state index in [1.54, 1.807) is 0 Å². The summed E-state index contributed by atoms with van der Waals surface area (Å²) in [6.07, 6.45) is 1.93. The Labute approximate surface area is 126 Å². The number of thioether (sulfide) groups is 1. The summed E-state index contributed by atoms with van der Waals surface area (Å²) < 4.78 is 1.84. The van der Waals surface area contributed by atoms with Crippen molar-refractivity contribution in [3.63, 3.8) is 0 Å². The van der Waals surface area contributed by atoms with Gasteiger partial charge >= 0.3 is 0 Å². The fourth-order valence-corrected chi connectivity index (χ4v) is 2.60. The number of rotatable bonds is 4. The molecule has 3 rings (SSSR count). The van der Waals surface area contributed by atoms with Gasteiger partial charge < -0.3 is 11.5 Å². The first-order valence-corrected chi connectivity index (χ1v) is 7.32. The van der Waals surface area contributed by atoms with Gasteiger partial charge in [-0.3, -0.25) is 0 Å². The Kier molecular flexibility index (Phi) is 3.74. The zero-order chi connectivity index (χ0) is 14.7. The van der Waals surface area contributed by atoms with Gasteiger partial charge in [0.15, 0.2) is 5.16 Å². The molecule has 0 aliphatic rings. The predicted octanol–water partition coefficient (Wildman–Crippen LogP) is 2.12. The van der Waals surface area contributed by atoms with E-state index in [0.717, 1.165) is 11.4 Å². The van der Waals surface area contributed by atoms with Gasteiger partial charge in [-0.25, -0.2) is 14.6 Å². The molecule has 0 radical (unpaired) electrons. The Morgan fingerprint density at radius 3 is 2.43 bits per heavy atom. The van der Waals surface area contributed by atoms with Gasteiger partial charge in [-0.1, -0.05) is 30.0 Å². The molecular formula is C14H14N6S. The number of nitrogen functional groups attached to an aromatic ring is 2. The van der Waals surface area contributed by atoms with E-state index in [9.17, 15) is 0 Å². The summed E-state index contributed by atoms with van der Waals surface area (Å²) in [7, 11) is 0. The molecule has 2 heterocycles. The molecule has 21 heavy (non-hydrogen) atoms. The van der Waals surface area contributed by atoms with Crippen molar-refractivity contribution in [1.82, 2.24) is 19.7 Å². The van der Waals surface area contributed by atoms with Gasteiger partial charge in [0.25, 0.3) is 0 Å². The highest BCUT2D eigenvalue weighted by Gasteiger charge is 2.05. The van der Waals surface area contributed by atoms with E-state index >= 15 is 0 Å². The lowest BCUT2D eigenvalue weighted by Crippen LogP contribution is -1.99. The highest BCUT2D eigenvalue weighted by molar-refractivity contribution is 7.98. The molecular weight excluding hydrogens is 284 g/mol. The van der Waals surface area contributed by atoms with Gasteiger partial charge in [-0.05, 0) is 18.2 Å². The molecule has 6 nitrogen and oxygen atoms in total. The molecule has 0 atom stereocenters. The number of hydrogen-bond acceptors (Lipinski definition) is 6. The van der Waals surface area contributed by atoms with Crippen molar-refractivity contribution in [2.24, 2.45) is 0 Å². The zero-order valence-corrected chi connectivity index (χ0v) is 12.0. The van der Waals surface area contributed by atoms with E-state index < -0.39 is 0 Å². The summed E-state index contributed by atoms with van der Waals surface area (Å²) in [4.78, 5) is 8.26. The van der Waals surface area contributed by atoms with E-state index in [4.69, 9.17) is 11.5 Å². The Balaban J connectivity index is 1.70. The van der Waals surface area contributed by atoms with Crippen LogP contribution in [0.2, 0.25) is 0 Å². The van der Waals surface area contributed by atoms with Crippen molar-refractivity contribution in [3.8, 4) is 5.69 Å². The lowest BCUT2D eigenvalue weighted by molar-refractivity contribution is 0.858. The first-order chi connectivity index (χ1) is 10.2. The third kappa shape index (κ3) is 3.32. The molecule has 2 aromatic heterocycles. The standard InChI is InChI=1S/C14H14N6S/c15-12-8-13(16)18-14(17-12)21-9-10-6-7-20(19-10)11-4-2-1-3-5-11/h1-8H,9H2,(H4,15,16,17,18). The van der Waals surface area contributed by atoms with Crippen LogP contribution in [0, 0.1) is 0 Å². The van der Waals surface area contributed by atoms with Crippen molar-refractivity contribution in [2.75, 3.05) is 11.5 Å². The minimum Gasteiger partial charge on any atom is -0.383 e. The Morgan fingerprint density at radius 1 is 1.00 bits per heavy atom. The quantitative estimate of drug-likeness (QED) is 0.566. The van der Waals surface area contributed by atoms with Gasteiger partial charge in [0, 0.05) is 18.0 Å². The molecule has 0 amide bonds. The Bertz CT molecular complexity index is 720. The van der Waals surface area contributed by atoms with E-state index in [1.807, 2.05) is 47.3 Å². The van der Waals surface area contributed by atoms with Crippen molar-refractivity contribution >= 4 is 23.4 Å². The minimum atomic E-state index is 0.375. The summed E-state index contributed by atoms with van der Waals surface area (Å²) in [6, 6.07) is 13.5. The summed E-state index contributed by atoms with van der Waals surface area (Å²) in [5, 5.41) is 5.08. The normalized spacial score (nSPS) is 10.7. The number of nitrogens with zero attached hydrogens (tertiary/aromatic N) is 4. The second kappa shape index (κ2) is 5.84. The van der Waals surface area contributed by atoms with Gasteiger partial charge in [0.05, 0.1) is 11.4 Å². The summed E-state index contributed by atoms with van der Waals surface area (Å²) in [5.74, 6) is 1.41. The second-order valence-electron chi connectivity index (χ2n) is 4.38. The molecule has 3 aromatic rings. The molecule has 0 bridgehead atoms. The average molecular weight is 298 g/mol. The van der Waals surface area contributed by atoms with Crippen molar-refractivity contribution < 1.29 is 0 Å². The van der Waals surface area contributed by atoms with Crippen molar-refractivity contribution in [1.29, 1.82) is 0 Å². The molecule has 4 N–H and O–H groups in total. The number of aromatic nitrogens is 4. The first-order valence-electron chi connectivity index (χ1n) is 6.33. The second-order valence-corrected chi connectivity index (χ2v) is 5.32. The maximum atomic E-state index is 5.64. The monoisotopic (exact) mass is 298 g/mol. The van der Waals surface area contributed by atoms with Crippen LogP contribution in [0.3, 0.4) is 0 Å². The molecule has 7 heteroatoms. The number of hydrogen-bond donors (Lipinski definition) is 2. The van der Waals surface area contributed by atoms with Crippen LogP contribution in [0.4, 0.5) is 11.6 Å². The smallest absolute Gasteiger partial charge is 0.191 e. The summed E-state index contributed by atoms with van der Waals surface area (Å²) >= 11 is 1.45. The van der Waals surface area contributed by atoms with Crippen LogP contribution in [-0.2, 0) is 5.75 Å². The van der Waals surface area contributed by atoms with Crippen LogP contribution in [0.15, 0.2) is 53.8 Å². The van der Waals surface area contributed by atoms with E-state index in [1.165, 1.54) is 17.8 Å². The summed E-state index contributed by atoms with van der Waals surface area (Å²) in [6.45, 7) is 0. The number of benzene rings is 1. The SMILES string of the molecule is Nc1cc(N)nc(SCc2ccn(-c3ccccc3)n2)n1. The first kappa shape index (κ1) is 13.4. The Morgan fingerprint density at radius 2 is 1.71 bits per heavy atom. The van der Waals surface area contributed by atoms with Gasteiger partial charge in [-0.2, -0.15) is 5.10 Å². The lowest BCUT2D eigenvalue weighted by Gasteiger charge is -2.02. The van der Waals surface area contributed by atoms with E-state index in [0.29, 0.717) is 22.5 Å². The third-order valence-electron chi connectivity index (χ3n) is 2.76. The summed E-state index contributed by atoms with van der Waals surface area (Å²) in [5.41, 5.74) is 13.3. The predicted molar refractivity (Wildman–Crippen MR) is 84.0 cm³/mol. The minimum absolute atomic E-state index is 0.375. The van der Waals surface area contributed by atoms with Crippen LogP contribution < -0.4 is 11.5 Å². The van der Waals surface area contributed by atoms with Crippen LogP contribution in [0.5, 0.6) is 0 Å². The molecule has 0 aliphatic carbocycles. The Hall–Kier alpha value is -2.54. The van der Waals surface area contributed by atoms with Gasteiger partial charge in [0.1, 0.15) is 11.6 Å². The highest BCUT2D eigenvalue weighted by Crippen LogP contribution is 2.20. The molecule has 106 valence electrons. The number of anilines is 2. The largest absolute Gasteiger partial charge is 0.383 e. The topological polar surface area (TPSA) is 95.6 Å². The molecule has 1 aromatic carbocycles. The average Bonchev–Trinajstić information content (AvgIpc) is 2.94. The number of nitrogens with two attached hydrogens (primary N) is 2. The molecule has 0 saturated carbocycles. The van der Waals surface area contributed by atoms with Gasteiger partial charge in [0.2, 0.25) is 0 Å². The van der Waals surface area contributed by atoms with E-state index in [2.05, 4.69) is 15.1 Å². The molecule has 0 aliphatic heterocycles. The van der Waals surface area contributed by atoms with Crippen LogP contribution >= 0.6 is 11.8 Å². The highest BCUT2D eigenvalue weighted by atomic mass is 32.2. The number of para-hydroxylation sites is 1. The molecule has 0 fully saturated rings. The maximum absolute atomic E-state index is 5.64. The van der Waals surface area contributed by atoms with E-state index in [-0.39, 0.29) is 0 Å². The molecule has 0 saturated heterocycles. The van der Waals surface area contributed by atoms with Crippen LogP contribution in [0.25, 0.3) is 5.69 Å². The van der Waals surface area contributed by atoms with Crippen molar-refractivity contribution in [3.05, 3.63) is 54.4 Å². The van der Waals surface area contributed by atoms with Crippen LogP contribution in [0.1, 0.15) is 5.69 Å². The zero-order valence-electron chi connectivity index (χ0n) is 11.2.